The molecular weight excluding hydrogens is 512 g/mol. The largest absolute Gasteiger partial charge is 0.382 e. The van der Waals surface area contributed by atoms with Crippen LogP contribution >= 0.6 is 0 Å². The molecule has 2 aromatic heterocycles. The lowest BCUT2D eigenvalue weighted by atomic mass is 10.0. The molecule has 1 saturated carbocycles. The standard InChI is InChI=1S/C19H21N3.C14H11N3O2/c1-13-8-14-10-15(19-12-20-6-7-21-19)11-17(14)18(9-13)22-16-4-2-3-5-16;1-9-4-10-6-11(13-8-15-2-3-16-13)7-12(10)14(5-9)17(18)19/h6-10,12,16,22H,2-5,11H2,1H3;2-6,8H,7H2,1H3. The number of benzene rings is 2. The number of aryl methyl sites for hydroxylation is 2. The van der Waals surface area contributed by atoms with Crippen LogP contribution in [-0.2, 0) is 12.8 Å². The minimum absolute atomic E-state index is 0.185. The van der Waals surface area contributed by atoms with Crippen molar-refractivity contribution in [1.29, 1.82) is 0 Å². The smallest absolute Gasteiger partial charge is 0.273 e. The van der Waals surface area contributed by atoms with Gasteiger partial charge in [-0.2, -0.15) is 0 Å². The number of allylic oxidation sites excluding steroid dienone is 2. The van der Waals surface area contributed by atoms with Crippen LogP contribution in [0, 0.1) is 24.0 Å². The Morgan fingerprint density at radius 2 is 1.34 bits per heavy atom. The molecule has 0 spiro atoms. The van der Waals surface area contributed by atoms with Crippen LogP contribution in [0.3, 0.4) is 0 Å². The van der Waals surface area contributed by atoms with Crippen molar-refractivity contribution < 1.29 is 4.92 Å². The second-order valence-electron chi connectivity index (χ2n) is 11.0. The average Bonchev–Trinajstić information content (AvgIpc) is 3.74. The van der Waals surface area contributed by atoms with E-state index in [1.165, 1.54) is 53.6 Å². The summed E-state index contributed by atoms with van der Waals surface area (Å²) in [7, 11) is 0. The van der Waals surface area contributed by atoms with Gasteiger partial charge in [-0.1, -0.05) is 25.0 Å². The number of nitrogens with zero attached hydrogens (tertiary/aromatic N) is 5. The molecule has 0 bridgehead atoms. The molecule has 3 aliphatic rings. The summed E-state index contributed by atoms with van der Waals surface area (Å²) in [6.45, 7) is 4.04. The Hall–Kier alpha value is -4.72. The van der Waals surface area contributed by atoms with E-state index in [2.05, 4.69) is 50.4 Å². The van der Waals surface area contributed by atoms with Crippen LogP contribution in [0.25, 0.3) is 23.3 Å². The van der Waals surface area contributed by atoms with Crippen LogP contribution in [0.2, 0.25) is 0 Å². The van der Waals surface area contributed by atoms with Gasteiger partial charge in [-0.15, -0.1) is 0 Å². The van der Waals surface area contributed by atoms with Crippen molar-refractivity contribution in [3.63, 3.8) is 0 Å². The van der Waals surface area contributed by atoms with Crippen molar-refractivity contribution in [3.05, 3.63) is 116 Å². The molecule has 0 unspecified atom stereocenters. The highest BCUT2D eigenvalue weighted by Gasteiger charge is 2.25. The minimum Gasteiger partial charge on any atom is -0.382 e. The first-order valence-corrected chi connectivity index (χ1v) is 14.1. The van der Waals surface area contributed by atoms with E-state index >= 15 is 0 Å². The Morgan fingerprint density at radius 3 is 1.90 bits per heavy atom. The Balaban J connectivity index is 0.000000149. The third-order valence-electron chi connectivity index (χ3n) is 7.92. The molecule has 3 aliphatic carbocycles. The maximum Gasteiger partial charge on any atom is 0.273 e. The summed E-state index contributed by atoms with van der Waals surface area (Å²) in [6.07, 6.45) is 21.3. The molecule has 206 valence electrons. The van der Waals surface area contributed by atoms with Gasteiger partial charge in [-0.3, -0.25) is 30.1 Å². The van der Waals surface area contributed by atoms with E-state index in [4.69, 9.17) is 0 Å². The first-order valence-electron chi connectivity index (χ1n) is 14.1. The molecule has 2 heterocycles. The summed E-state index contributed by atoms with van der Waals surface area (Å²) in [5, 5.41) is 14.9. The minimum atomic E-state index is -0.320. The number of nitrogens with one attached hydrogen (secondary N) is 1. The van der Waals surface area contributed by atoms with Crippen molar-refractivity contribution in [2.24, 2.45) is 0 Å². The fourth-order valence-electron chi connectivity index (χ4n) is 6.02. The van der Waals surface area contributed by atoms with Crippen LogP contribution in [0.1, 0.15) is 70.5 Å². The summed E-state index contributed by atoms with van der Waals surface area (Å²) in [6, 6.07) is 8.80. The van der Waals surface area contributed by atoms with Gasteiger partial charge in [0, 0.05) is 61.0 Å². The first-order chi connectivity index (χ1) is 19.9. The quantitative estimate of drug-likeness (QED) is 0.212. The van der Waals surface area contributed by atoms with Crippen LogP contribution in [0.5, 0.6) is 0 Å². The molecule has 0 aliphatic heterocycles. The average molecular weight is 545 g/mol. The summed E-state index contributed by atoms with van der Waals surface area (Å²) in [4.78, 5) is 27.7. The summed E-state index contributed by atoms with van der Waals surface area (Å²) in [5.74, 6) is 0. The molecule has 8 heteroatoms. The van der Waals surface area contributed by atoms with E-state index in [1.807, 2.05) is 25.3 Å². The van der Waals surface area contributed by atoms with Gasteiger partial charge < -0.3 is 5.32 Å². The lowest BCUT2D eigenvalue weighted by Gasteiger charge is -2.18. The predicted molar refractivity (Wildman–Crippen MR) is 162 cm³/mol. The number of hydrogen-bond donors (Lipinski definition) is 1. The maximum absolute atomic E-state index is 11.1. The third-order valence-corrected chi connectivity index (χ3v) is 7.92. The number of hydrogen-bond acceptors (Lipinski definition) is 7. The third kappa shape index (κ3) is 5.77. The molecule has 8 nitrogen and oxygen atoms in total. The van der Waals surface area contributed by atoms with E-state index in [-0.39, 0.29) is 10.6 Å². The summed E-state index contributed by atoms with van der Waals surface area (Å²) < 4.78 is 0. The lowest BCUT2D eigenvalue weighted by molar-refractivity contribution is -0.385. The van der Waals surface area contributed by atoms with E-state index in [1.54, 1.807) is 37.1 Å². The van der Waals surface area contributed by atoms with Gasteiger partial charge in [-0.25, -0.2) is 0 Å². The molecule has 0 atom stereocenters. The number of nitro groups is 1. The molecular formula is C33H32N6O2. The zero-order valence-electron chi connectivity index (χ0n) is 23.3. The lowest BCUT2D eigenvalue weighted by Crippen LogP contribution is -2.16. The van der Waals surface area contributed by atoms with Crippen LogP contribution in [0.4, 0.5) is 11.4 Å². The van der Waals surface area contributed by atoms with Crippen LogP contribution in [0.15, 0.2) is 61.4 Å². The Kier molecular flexibility index (Phi) is 7.37. The predicted octanol–water partition coefficient (Wildman–Crippen LogP) is 7.03. The second-order valence-corrected chi connectivity index (χ2v) is 11.0. The van der Waals surface area contributed by atoms with Crippen molar-refractivity contribution in [1.82, 2.24) is 19.9 Å². The molecule has 1 fully saturated rings. The fraction of sp³-hybridized carbons (Fsp3) is 0.273. The molecule has 1 N–H and O–H groups in total. The molecule has 41 heavy (non-hydrogen) atoms. The Labute approximate surface area is 239 Å². The highest BCUT2D eigenvalue weighted by molar-refractivity contribution is 5.90. The van der Waals surface area contributed by atoms with Gasteiger partial charge in [0.15, 0.2) is 0 Å². The Bertz CT molecular complexity index is 1660. The summed E-state index contributed by atoms with van der Waals surface area (Å²) in [5.41, 5.74) is 12.1. The maximum atomic E-state index is 11.1. The molecule has 0 saturated heterocycles. The molecule has 0 amide bonds. The van der Waals surface area contributed by atoms with Gasteiger partial charge in [-0.05, 0) is 83.9 Å². The highest BCUT2D eigenvalue weighted by atomic mass is 16.6. The van der Waals surface area contributed by atoms with E-state index in [9.17, 15) is 10.1 Å². The SMILES string of the molecule is Cc1cc2c(c(NC3CCCC3)c1)CC(c1cnccn1)=C2.Cc1cc2c(c([N+](=O)[O-])c1)CC(c1cnccn1)=C2. The second kappa shape index (κ2) is 11.4. The van der Waals surface area contributed by atoms with Gasteiger partial charge in [0.05, 0.1) is 28.7 Å². The van der Waals surface area contributed by atoms with Crippen molar-refractivity contribution in [3.8, 4) is 0 Å². The topological polar surface area (TPSA) is 107 Å². The van der Waals surface area contributed by atoms with Crippen molar-refractivity contribution in [2.75, 3.05) is 5.32 Å². The van der Waals surface area contributed by atoms with Gasteiger partial charge in [0.2, 0.25) is 0 Å². The molecule has 7 rings (SSSR count). The molecule has 4 aromatic rings. The fourth-order valence-corrected chi connectivity index (χ4v) is 6.02. The van der Waals surface area contributed by atoms with E-state index < -0.39 is 0 Å². The van der Waals surface area contributed by atoms with Crippen molar-refractivity contribution >= 4 is 34.7 Å². The number of nitro benzene ring substituents is 1. The number of rotatable bonds is 5. The molecule has 0 radical (unpaired) electrons. The summed E-state index contributed by atoms with van der Waals surface area (Å²) >= 11 is 0. The van der Waals surface area contributed by atoms with Gasteiger partial charge >= 0.3 is 0 Å². The van der Waals surface area contributed by atoms with Crippen LogP contribution in [-0.4, -0.2) is 30.9 Å². The monoisotopic (exact) mass is 544 g/mol. The zero-order valence-corrected chi connectivity index (χ0v) is 23.3. The number of aromatic nitrogens is 4. The van der Waals surface area contributed by atoms with Crippen LogP contribution < -0.4 is 5.32 Å². The number of anilines is 1. The highest BCUT2D eigenvalue weighted by Crippen LogP contribution is 2.38. The Morgan fingerprint density at radius 1 is 0.780 bits per heavy atom. The van der Waals surface area contributed by atoms with Gasteiger partial charge in [0.1, 0.15) is 0 Å². The number of fused-ring (bicyclic) bond motifs is 2. The van der Waals surface area contributed by atoms with Crippen molar-refractivity contribution in [2.45, 2.75) is 58.4 Å². The van der Waals surface area contributed by atoms with E-state index in [0.717, 1.165) is 40.1 Å². The van der Waals surface area contributed by atoms with Gasteiger partial charge in [0.25, 0.3) is 5.69 Å². The van der Waals surface area contributed by atoms with E-state index in [0.29, 0.717) is 12.5 Å². The molecule has 2 aromatic carbocycles. The zero-order chi connectivity index (χ0) is 28.3. The first kappa shape index (κ1) is 26.5. The normalized spacial score (nSPS) is 15.4.